The number of hydrogen-bond acceptors (Lipinski definition) is 4. The van der Waals surface area contributed by atoms with E-state index < -0.39 is 10.8 Å². The SMILES string of the molecule is CCCNCCNC(=O)c1cccc(Cl)c1[N+](=O)[O-]. The Morgan fingerprint density at radius 1 is 1.37 bits per heavy atom. The van der Waals surface area contributed by atoms with Crippen molar-refractivity contribution in [1.29, 1.82) is 0 Å². The van der Waals surface area contributed by atoms with E-state index in [4.69, 9.17) is 11.6 Å². The second-order valence-corrected chi connectivity index (χ2v) is 4.31. The van der Waals surface area contributed by atoms with Gasteiger partial charge in [-0.1, -0.05) is 24.6 Å². The van der Waals surface area contributed by atoms with Crippen LogP contribution in [0.3, 0.4) is 0 Å². The average Bonchev–Trinajstić information content (AvgIpc) is 2.37. The van der Waals surface area contributed by atoms with Crippen LogP contribution in [0.4, 0.5) is 5.69 Å². The summed E-state index contributed by atoms with van der Waals surface area (Å²) in [5.74, 6) is -0.493. The summed E-state index contributed by atoms with van der Waals surface area (Å²) in [6.45, 7) is 3.94. The highest BCUT2D eigenvalue weighted by molar-refractivity contribution is 6.33. The van der Waals surface area contributed by atoms with E-state index in [1.165, 1.54) is 18.2 Å². The van der Waals surface area contributed by atoms with Crippen molar-refractivity contribution in [3.05, 3.63) is 38.9 Å². The van der Waals surface area contributed by atoms with Crippen LogP contribution in [0.25, 0.3) is 0 Å². The lowest BCUT2D eigenvalue weighted by Gasteiger charge is -2.07. The van der Waals surface area contributed by atoms with Crippen molar-refractivity contribution in [2.75, 3.05) is 19.6 Å². The standard InChI is InChI=1S/C12H16ClN3O3/c1-2-6-14-7-8-15-12(17)9-4-3-5-10(13)11(9)16(18)19/h3-5,14H,2,6-8H2,1H3,(H,15,17). The summed E-state index contributed by atoms with van der Waals surface area (Å²) < 4.78 is 0. The molecule has 0 aromatic heterocycles. The van der Waals surface area contributed by atoms with Gasteiger partial charge < -0.3 is 10.6 Å². The van der Waals surface area contributed by atoms with Crippen molar-refractivity contribution in [3.63, 3.8) is 0 Å². The van der Waals surface area contributed by atoms with Gasteiger partial charge in [0.2, 0.25) is 0 Å². The van der Waals surface area contributed by atoms with Crippen LogP contribution in [-0.4, -0.2) is 30.5 Å². The smallest absolute Gasteiger partial charge is 0.300 e. The Morgan fingerprint density at radius 3 is 2.74 bits per heavy atom. The second kappa shape index (κ2) is 7.70. The molecule has 0 atom stereocenters. The van der Waals surface area contributed by atoms with E-state index in [-0.39, 0.29) is 16.3 Å². The highest BCUT2D eigenvalue weighted by Crippen LogP contribution is 2.27. The zero-order valence-electron chi connectivity index (χ0n) is 10.6. The predicted molar refractivity (Wildman–Crippen MR) is 73.6 cm³/mol. The summed E-state index contributed by atoms with van der Waals surface area (Å²) in [6.07, 6.45) is 1.01. The molecule has 2 N–H and O–H groups in total. The van der Waals surface area contributed by atoms with Gasteiger partial charge in [-0.25, -0.2) is 0 Å². The molecule has 0 heterocycles. The van der Waals surface area contributed by atoms with Gasteiger partial charge in [-0.05, 0) is 25.1 Å². The van der Waals surface area contributed by atoms with E-state index >= 15 is 0 Å². The molecule has 1 amide bonds. The quantitative estimate of drug-likeness (QED) is 0.456. The van der Waals surface area contributed by atoms with Crippen LogP contribution < -0.4 is 10.6 Å². The van der Waals surface area contributed by atoms with Crippen molar-refractivity contribution >= 4 is 23.2 Å². The minimum atomic E-state index is -0.646. The number of para-hydroxylation sites is 1. The van der Waals surface area contributed by atoms with Crippen molar-refractivity contribution in [2.45, 2.75) is 13.3 Å². The molecule has 0 fully saturated rings. The molecule has 0 unspecified atom stereocenters. The van der Waals surface area contributed by atoms with E-state index in [1.807, 2.05) is 6.92 Å². The summed E-state index contributed by atoms with van der Waals surface area (Å²) >= 11 is 5.74. The summed E-state index contributed by atoms with van der Waals surface area (Å²) in [5, 5.41) is 16.6. The Balaban J connectivity index is 2.67. The Bertz CT molecular complexity index is 466. The van der Waals surface area contributed by atoms with Crippen LogP contribution in [-0.2, 0) is 0 Å². The Labute approximate surface area is 116 Å². The van der Waals surface area contributed by atoms with Gasteiger partial charge in [0.05, 0.1) is 4.92 Å². The zero-order chi connectivity index (χ0) is 14.3. The number of rotatable bonds is 7. The molecule has 0 aliphatic heterocycles. The zero-order valence-corrected chi connectivity index (χ0v) is 11.4. The molecule has 104 valence electrons. The second-order valence-electron chi connectivity index (χ2n) is 3.90. The monoisotopic (exact) mass is 285 g/mol. The first-order chi connectivity index (χ1) is 9.07. The van der Waals surface area contributed by atoms with Crippen molar-refractivity contribution in [2.24, 2.45) is 0 Å². The minimum absolute atomic E-state index is 0.0204. The molecule has 0 spiro atoms. The molecule has 6 nitrogen and oxygen atoms in total. The van der Waals surface area contributed by atoms with Crippen LogP contribution in [0.1, 0.15) is 23.7 Å². The lowest BCUT2D eigenvalue weighted by molar-refractivity contribution is -0.385. The molecule has 0 bridgehead atoms. The summed E-state index contributed by atoms with van der Waals surface area (Å²) in [4.78, 5) is 22.1. The number of amides is 1. The number of nitro groups is 1. The fourth-order valence-electron chi connectivity index (χ4n) is 1.55. The first-order valence-electron chi connectivity index (χ1n) is 5.99. The number of hydrogen-bond donors (Lipinski definition) is 2. The maximum absolute atomic E-state index is 11.9. The normalized spacial score (nSPS) is 10.2. The van der Waals surface area contributed by atoms with E-state index in [0.717, 1.165) is 13.0 Å². The topological polar surface area (TPSA) is 84.3 Å². The molecule has 7 heteroatoms. The van der Waals surface area contributed by atoms with Crippen LogP contribution in [0.15, 0.2) is 18.2 Å². The maximum atomic E-state index is 11.9. The maximum Gasteiger partial charge on any atom is 0.300 e. The number of halogens is 1. The third kappa shape index (κ3) is 4.50. The highest BCUT2D eigenvalue weighted by Gasteiger charge is 2.23. The molecule has 0 aliphatic rings. The molecule has 0 radical (unpaired) electrons. The van der Waals surface area contributed by atoms with Gasteiger partial charge >= 0.3 is 5.69 Å². The number of carbonyl (C=O) groups is 1. The number of carbonyl (C=O) groups excluding carboxylic acids is 1. The van der Waals surface area contributed by atoms with Crippen LogP contribution in [0.5, 0.6) is 0 Å². The van der Waals surface area contributed by atoms with Crippen molar-refractivity contribution in [3.8, 4) is 0 Å². The van der Waals surface area contributed by atoms with Gasteiger partial charge in [0.15, 0.2) is 0 Å². The lowest BCUT2D eigenvalue weighted by Crippen LogP contribution is -2.32. The average molecular weight is 286 g/mol. The van der Waals surface area contributed by atoms with Gasteiger partial charge in [-0.2, -0.15) is 0 Å². The van der Waals surface area contributed by atoms with E-state index in [1.54, 1.807) is 0 Å². The summed E-state index contributed by atoms with van der Waals surface area (Å²) in [5.41, 5.74) is -0.379. The van der Waals surface area contributed by atoms with Gasteiger partial charge in [-0.3, -0.25) is 14.9 Å². The van der Waals surface area contributed by atoms with Crippen molar-refractivity contribution < 1.29 is 9.72 Å². The fourth-order valence-corrected chi connectivity index (χ4v) is 1.79. The predicted octanol–water partition coefficient (Wildman–Crippen LogP) is 1.98. The van der Waals surface area contributed by atoms with Crippen LogP contribution in [0, 0.1) is 10.1 Å². The number of nitrogens with zero attached hydrogens (tertiary/aromatic N) is 1. The van der Waals surface area contributed by atoms with E-state index in [9.17, 15) is 14.9 Å². The number of benzene rings is 1. The third-order valence-corrected chi connectivity index (χ3v) is 2.73. The molecule has 1 aromatic rings. The number of nitro benzene ring substituents is 1. The minimum Gasteiger partial charge on any atom is -0.351 e. The van der Waals surface area contributed by atoms with Gasteiger partial charge in [-0.15, -0.1) is 0 Å². The van der Waals surface area contributed by atoms with E-state index in [2.05, 4.69) is 10.6 Å². The molecular weight excluding hydrogens is 270 g/mol. The van der Waals surface area contributed by atoms with E-state index in [0.29, 0.717) is 13.1 Å². The molecule has 0 saturated carbocycles. The van der Waals surface area contributed by atoms with Gasteiger partial charge in [0.25, 0.3) is 5.91 Å². The first-order valence-corrected chi connectivity index (χ1v) is 6.37. The molecule has 1 rings (SSSR count). The molecular formula is C12H16ClN3O3. The van der Waals surface area contributed by atoms with Gasteiger partial charge in [0.1, 0.15) is 10.6 Å². The third-order valence-electron chi connectivity index (χ3n) is 2.43. The Kier molecular flexibility index (Phi) is 6.24. The van der Waals surface area contributed by atoms with Crippen molar-refractivity contribution in [1.82, 2.24) is 10.6 Å². The molecule has 1 aromatic carbocycles. The largest absolute Gasteiger partial charge is 0.351 e. The summed E-state index contributed by atoms with van der Waals surface area (Å²) in [6, 6.07) is 4.29. The van der Waals surface area contributed by atoms with Crippen LogP contribution >= 0.6 is 11.6 Å². The Hall–Kier alpha value is -1.66. The van der Waals surface area contributed by atoms with Crippen LogP contribution in [0.2, 0.25) is 5.02 Å². The van der Waals surface area contributed by atoms with Gasteiger partial charge in [0, 0.05) is 13.1 Å². The Morgan fingerprint density at radius 2 is 2.11 bits per heavy atom. The summed E-state index contributed by atoms with van der Waals surface area (Å²) in [7, 11) is 0. The fraction of sp³-hybridized carbons (Fsp3) is 0.417. The molecule has 0 saturated heterocycles. The lowest BCUT2D eigenvalue weighted by atomic mass is 10.1. The first kappa shape index (κ1) is 15.4. The number of nitrogens with one attached hydrogen (secondary N) is 2. The molecule has 19 heavy (non-hydrogen) atoms. The highest BCUT2D eigenvalue weighted by atomic mass is 35.5. The molecule has 0 aliphatic carbocycles.